The van der Waals surface area contributed by atoms with Crippen LogP contribution in [0.25, 0.3) is 0 Å². The van der Waals surface area contributed by atoms with E-state index in [1.165, 1.54) is 5.56 Å². The molecule has 17 heavy (non-hydrogen) atoms. The summed E-state index contributed by atoms with van der Waals surface area (Å²) < 4.78 is 10.3. The summed E-state index contributed by atoms with van der Waals surface area (Å²) in [7, 11) is 1.61. The Morgan fingerprint density at radius 2 is 1.88 bits per heavy atom. The molecule has 94 valence electrons. The van der Waals surface area contributed by atoms with E-state index in [0.29, 0.717) is 18.8 Å². The molecule has 1 unspecified atom stereocenters. The zero-order valence-electron chi connectivity index (χ0n) is 10.7. The topological polar surface area (TPSA) is 35.5 Å². The van der Waals surface area contributed by atoms with Crippen molar-refractivity contribution >= 4 is 5.78 Å². The molecule has 0 spiro atoms. The number of benzene rings is 1. The number of rotatable bonds is 7. The number of ketones is 1. The highest BCUT2D eigenvalue weighted by atomic mass is 16.5. The summed E-state index contributed by atoms with van der Waals surface area (Å²) in [6, 6.07) is 7.68. The van der Waals surface area contributed by atoms with Crippen molar-refractivity contribution in [1.29, 1.82) is 0 Å². The largest absolute Gasteiger partial charge is 0.382 e. The molecule has 3 heteroatoms. The molecular weight excluding hydrogens is 216 g/mol. The highest BCUT2D eigenvalue weighted by molar-refractivity contribution is 5.99. The van der Waals surface area contributed by atoms with Crippen LogP contribution < -0.4 is 0 Å². The van der Waals surface area contributed by atoms with Gasteiger partial charge < -0.3 is 9.47 Å². The summed E-state index contributed by atoms with van der Waals surface area (Å²) in [5.74, 6) is 0.0174. The highest BCUT2D eigenvalue weighted by Crippen LogP contribution is 2.09. The second-order valence-electron chi connectivity index (χ2n) is 3.92. The lowest BCUT2D eigenvalue weighted by molar-refractivity contribution is 0.0256. The first-order chi connectivity index (χ1) is 8.19. The number of carbonyl (C=O) groups excluding carboxylic acids is 1. The minimum absolute atomic E-state index is 0.0174. The average Bonchev–Trinajstić information content (AvgIpc) is 2.38. The van der Waals surface area contributed by atoms with Gasteiger partial charge in [-0.05, 0) is 18.9 Å². The van der Waals surface area contributed by atoms with E-state index >= 15 is 0 Å². The van der Waals surface area contributed by atoms with Gasteiger partial charge in [0.25, 0.3) is 0 Å². The number of aryl methyl sites for hydroxylation is 1. The predicted molar refractivity (Wildman–Crippen MR) is 67.4 cm³/mol. The van der Waals surface area contributed by atoms with Gasteiger partial charge in [0.05, 0.1) is 13.2 Å². The number of ether oxygens (including phenoxy) is 2. The fraction of sp³-hybridized carbons (Fsp3) is 0.500. The summed E-state index contributed by atoms with van der Waals surface area (Å²) in [4.78, 5) is 12.0. The van der Waals surface area contributed by atoms with Crippen LogP contribution in [0.3, 0.4) is 0 Å². The van der Waals surface area contributed by atoms with Crippen molar-refractivity contribution in [2.75, 3.05) is 20.3 Å². The number of hydrogen-bond donors (Lipinski definition) is 0. The van der Waals surface area contributed by atoms with E-state index in [4.69, 9.17) is 9.47 Å². The Labute approximate surface area is 103 Å². The SMILES string of the molecule is CCc1ccc(C(=O)C(C)OCCOC)cc1. The molecule has 0 N–H and O–H groups in total. The third-order valence-electron chi connectivity index (χ3n) is 2.67. The molecule has 0 aromatic heterocycles. The molecule has 0 amide bonds. The van der Waals surface area contributed by atoms with Crippen molar-refractivity contribution in [1.82, 2.24) is 0 Å². The molecule has 0 saturated heterocycles. The lowest BCUT2D eigenvalue weighted by Crippen LogP contribution is -2.22. The van der Waals surface area contributed by atoms with Crippen molar-refractivity contribution in [2.45, 2.75) is 26.4 Å². The van der Waals surface area contributed by atoms with Crippen molar-refractivity contribution in [3.8, 4) is 0 Å². The van der Waals surface area contributed by atoms with Crippen molar-refractivity contribution in [3.63, 3.8) is 0 Å². The van der Waals surface area contributed by atoms with Crippen LogP contribution in [-0.2, 0) is 15.9 Å². The molecule has 0 heterocycles. The predicted octanol–water partition coefficient (Wildman–Crippen LogP) is 2.48. The van der Waals surface area contributed by atoms with Gasteiger partial charge in [-0.15, -0.1) is 0 Å². The summed E-state index contributed by atoms with van der Waals surface area (Å²) in [5.41, 5.74) is 1.93. The van der Waals surface area contributed by atoms with Gasteiger partial charge in [0.1, 0.15) is 6.10 Å². The molecule has 0 saturated carbocycles. The van der Waals surface area contributed by atoms with Gasteiger partial charge in [0.2, 0.25) is 0 Å². The Bertz CT molecular complexity index is 343. The van der Waals surface area contributed by atoms with E-state index in [-0.39, 0.29) is 5.78 Å². The zero-order chi connectivity index (χ0) is 12.7. The van der Waals surface area contributed by atoms with Crippen LogP contribution in [0.15, 0.2) is 24.3 Å². The molecule has 0 bridgehead atoms. The fourth-order valence-electron chi connectivity index (χ4n) is 1.52. The van der Waals surface area contributed by atoms with Gasteiger partial charge in [0.15, 0.2) is 5.78 Å². The molecular formula is C14H20O3. The molecule has 0 aliphatic heterocycles. The third-order valence-corrected chi connectivity index (χ3v) is 2.67. The Kier molecular flexibility index (Phi) is 5.87. The van der Waals surface area contributed by atoms with Crippen LogP contribution in [0.1, 0.15) is 29.8 Å². The van der Waals surface area contributed by atoms with E-state index in [0.717, 1.165) is 6.42 Å². The fourth-order valence-corrected chi connectivity index (χ4v) is 1.52. The van der Waals surface area contributed by atoms with E-state index < -0.39 is 6.10 Å². The van der Waals surface area contributed by atoms with Gasteiger partial charge in [-0.25, -0.2) is 0 Å². The summed E-state index contributed by atoms with van der Waals surface area (Å²) >= 11 is 0. The van der Waals surface area contributed by atoms with Gasteiger partial charge >= 0.3 is 0 Å². The Hall–Kier alpha value is -1.19. The van der Waals surface area contributed by atoms with Gasteiger partial charge in [0, 0.05) is 12.7 Å². The number of Topliss-reactive ketones (excluding diaryl/α,β-unsaturated/α-hetero) is 1. The van der Waals surface area contributed by atoms with Crippen LogP contribution in [0.5, 0.6) is 0 Å². The minimum atomic E-state index is -0.419. The minimum Gasteiger partial charge on any atom is -0.382 e. The number of methoxy groups -OCH3 is 1. The van der Waals surface area contributed by atoms with Crippen molar-refractivity contribution in [3.05, 3.63) is 35.4 Å². The normalized spacial score (nSPS) is 12.4. The molecule has 0 aliphatic rings. The van der Waals surface area contributed by atoms with E-state index in [1.807, 2.05) is 24.3 Å². The maximum absolute atomic E-state index is 12.0. The van der Waals surface area contributed by atoms with E-state index in [9.17, 15) is 4.79 Å². The maximum Gasteiger partial charge on any atom is 0.191 e. The smallest absolute Gasteiger partial charge is 0.191 e. The molecule has 1 atom stereocenters. The second kappa shape index (κ2) is 7.20. The van der Waals surface area contributed by atoms with Crippen LogP contribution in [0, 0.1) is 0 Å². The first-order valence-electron chi connectivity index (χ1n) is 5.92. The molecule has 1 aromatic carbocycles. The second-order valence-corrected chi connectivity index (χ2v) is 3.92. The van der Waals surface area contributed by atoms with Gasteiger partial charge in [-0.3, -0.25) is 4.79 Å². The summed E-state index contributed by atoms with van der Waals surface area (Å²) in [5, 5.41) is 0. The first kappa shape index (κ1) is 13.9. The first-order valence-corrected chi connectivity index (χ1v) is 5.92. The van der Waals surface area contributed by atoms with Crippen LogP contribution in [0.4, 0.5) is 0 Å². The Morgan fingerprint density at radius 3 is 2.41 bits per heavy atom. The van der Waals surface area contributed by atoms with E-state index in [2.05, 4.69) is 6.92 Å². The molecule has 1 rings (SSSR count). The van der Waals surface area contributed by atoms with Crippen LogP contribution >= 0.6 is 0 Å². The lowest BCUT2D eigenvalue weighted by Gasteiger charge is -2.11. The molecule has 0 aliphatic carbocycles. The average molecular weight is 236 g/mol. The standard InChI is InChI=1S/C14H20O3/c1-4-12-5-7-13(8-6-12)14(15)11(2)17-10-9-16-3/h5-8,11H,4,9-10H2,1-3H3. The van der Waals surface area contributed by atoms with Gasteiger partial charge in [-0.2, -0.15) is 0 Å². The number of hydrogen-bond acceptors (Lipinski definition) is 3. The van der Waals surface area contributed by atoms with Crippen LogP contribution in [0.2, 0.25) is 0 Å². The number of carbonyl (C=O) groups is 1. The monoisotopic (exact) mass is 236 g/mol. The Balaban J connectivity index is 2.55. The molecule has 1 aromatic rings. The summed E-state index contributed by atoms with van der Waals surface area (Å²) in [6.07, 6.45) is 0.562. The van der Waals surface area contributed by atoms with Crippen LogP contribution in [-0.4, -0.2) is 32.2 Å². The highest BCUT2D eigenvalue weighted by Gasteiger charge is 2.15. The quantitative estimate of drug-likeness (QED) is 0.539. The molecule has 3 nitrogen and oxygen atoms in total. The lowest BCUT2D eigenvalue weighted by atomic mass is 10.0. The zero-order valence-corrected chi connectivity index (χ0v) is 10.7. The van der Waals surface area contributed by atoms with Crippen molar-refractivity contribution < 1.29 is 14.3 Å². The Morgan fingerprint density at radius 1 is 1.24 bits per heavy atom. The van der Waals surface area contributed by atoms with Gasteiger partial charge in [-0.1, -0.05) is 31.2 Å². The maximum atomic E-state index is 12.0. The molecule has 0 radical (unpaired) electrons. The molecule has 0 fully saturated rings. The van der Waals surface area contributed by atoms with E-state index in [1.54, 1.807) is 14.0 Å². The summed E-state index contributed by atoms with van der Waals surface area (Å²) in [6.45, 7) is 4.81. The third kappa shape index (κ3) is 4.29. The van der Waals surface area contributed by atoms with Crippen molar-refractivity contribution in [2.24, 2.45) is 0 Å².